The smallest absolute Gasteiger partial charge is 0.340 e. The van der Waals surface area contributed by atoms with Gasteiger partial charge in [-0.2, -0.15) is 27.9 Å². The molecule has 0 radical (unpaired) electrons. The van der Waals surface area contributed by atoms with Gasteiger partial charge in [-0.3, -0.25) is 9.78 Å². The normalized spacial score (nSPS) is 18.7. The fourth-order valence-corrected chi connectivity index (χ4v) is 4.42. The predicted molar refractivity (Wildman–Crippen MR) is 121 cm³/mol. The highest BCUT2D eigenvalue weighted by atomic mass is 19.4. The lowest BCUT2D eigenvalue weighted by atomic mass is 9.94. The second-order valence-electron chi connectivity index (χ2n) is 8.68. The number of fused-ring (bicyclic) bond motifs is 1. The SMILES string of the molecule is CN(C)[C@H]1CN(c2nc3c(cnn3-c3ccc(C(F)(F)F)cn3)c(=O)[nH]2)C[C@H]1c1ccc(F)cc1. The number of pyridine rings is 1. The van der Waals surface area contributed by atoms with Crippen LogP contribution in [0.1, 0.15) is 17.0 Å². The van der Waals surface area contributed by atoms with Crippen molar-refractivity contribution in [3.05, 3.63) is 76.1 Å². The summed E-state index contributed by atoms with van der Waals surface area (Å²) < 4.78 is 53.4. The molecule has 8 nitrogen and oxygen atoms in total. The van der Waals surface area contributed by atoms with Crippen molar-refractivity contribution in [1.29, 1.82) is 0 Å². The van der Waals surface area contributed by atoms with Gasteiger partial charge in [-0.15, -0.1) is 0 Å². The standard InChI is InChI=1S/C23H21F4N7O/c1-32(2)18-12-33(11-17(18)13-3-6-15(24)7-4-13)22-30-20-16(21(35)31-22)10-29-34(20)19-8-5-14(9-28-19)23(25,26)27/h3-10,17-18H,11-12H2,1-2H3,(H,30,31,35)/t17-,18-/m0/s1. The second-order valence-corrected chi connectivity index (χ2v) is 8.68. The Morgan fingerprint density at radius 1 is 1.06 bits per heavy atom. The number of nitrogens with one attached hydrogen (secondary N) is 1. The molecule has 0 unspecified atom stereocenters. The quantitative estimate of drug-likeness (QED) is 0.446. The molecule has 5 rings (SSSR count). The van der Waals surface area contributed by atoms with Crippen LogP contribution in [-0.2, 0) is 6.18 Å². The van der Waals surface area contributed by atoms with Gasteiger partial charge in [-0.1, -0.05) is 12.1 Å². The van der Waals surface area contributed by atoms with E-state index in [0.29, 0.717) is 25.2 Å². The molecular formula is C23H21F4N7O. The third-order valence-corrected chi connectivity index (χ3v) is 6.27. The van der Waals surface area contributed by atoms with E-state index in [9.17, 15) is 22.4 Å². The number of benzene rings is 1. The fourth-order valence-electron chi connectivity index (χ4n) is 4.42. The maximum absolute atomic E-state index is 13.5. The maximum atomic E-state index is 13.5. The molecular weight excluding hydrogens is 466 g/mol. The molecule has 0 spiro atoms. The van der Waals surface area contributed by atoms with Crippen molar-refractivity contribution in [3.63, 3.8) is 0 Å². The number of halogens is 4. The Labute approximate surface area is 196 Å². The van der Waals surface area contributed by atoms with Crippen LogP contribution in [0.15, 0.2) is 53.6 Å². The van der Waals surface area contributed by atoms with Gasteiger partial charge in [0.25, 0.3) is 5.56 Å². The van der Waals surface area contributed by atoms with Gasteiger partial charge in [0.15, 0.2) is 11.5 Å². The summed E-state index contributed by atoms with van der Waals surface area (Å²) in [6.07, 6.45) is -2.50. The van der Waals surface area contributed by atoms with E-state index in [0.717, 1.165) is 11.6 Å². The Hall–Kier alpha value is -3.80. The molecule has 0 bridgehead atoms. The van der Waals surface area contributed by atoms with E-state index in [-0.39, 0.29) is 34.6 Å². The third-order valence-electron chi connectivity index (χ3n) is 6.27. The molecule has 4 heterocycles. The van der Waals surface area contributed by atoms with Crippen molar-refractivity contribution in [2.45, 2.75) is 18.1 Å². The number of hydrogen-bond acceptors (Lipinski definition) is 6. The van der Waals surface area contributed by atoms with Crippen LogP contribution in [-0.4, -0.2) is 62.9 Å². The van der Waals surface area contributed by atoms with Crippen LogP contribution in [0.4, 0.5) is 23.5 Å². The van der Waals surface area contributed by atoms with E-state index >= 15 is 0 Å². The van der Waals surface area contributed by atoms with Crippen molar-refractivity contribution in [2.75, 3.05) is 32.1 Å². The highest BCUT2D eigenvalue weighted by molar-refractivity contribution is 5.76. The molecule has 1 saturated heterocycles. The number of nitrogens with zero attached hydrogens (tertiary/aromatic N) is 6. The lowest BCUT2D eigenvalue weighted by Gasteiger charge is -2.25. The molecule has 0 saturated carbocycles. The number of H-pyrrole nitrogens is 1. The van der Waals surface area contributed by atoms with E-state index in [4.69, 9.17) is 0 Å². The van der Waals surface area contributed by atoms with Crippen LogP contribution in [0.3, 0.4) is 0 Å². The van der Waals surface area contributed by atoms with Crippen molar-refractivity contribution < 1.29 is 17.6 Å². The monoisotopic (exact) mass is 487 g/mol. The first-order valence-corrected chi connectivity index (χ1v) is 10.8. The molecule has 1 N–H and O–H groups in total. The first-order chi connectivity index (χ1) is 16.6. The Morgan fingerprint density at radius 3 is 2.43 bits per heavy atom. The average molecular weight is 487 g/mol. The molecule has 1 aromatic carbocycles. The minimum atomic E-state index is -4.51. The van der Waals surface area contributed by atoms with E-state index < -0.39 is 17.3 Å². The maximum Gasteiger partial charge on any atom is 0.417 e. The van der Waals surface area contributed by atoms with Crippen molar-refractivity contribution in [3.8, 4) is 5.82 Å². The summed E-state index contributed by atoms with van der Waals surface area (Å²) in [5.74, 6) is 0.140. The average Bonchev–Trinajstić information content (AvgIpc) is 3.44. The van der Waals surface area contributed by atoms with Crippen molar-refractivity contribution in [1.82, 2.24) is 29.6 Å². The van der Waals surface area contributed by atoms with Gasteiger partial charge in [0.05, 0.1) is 11.8 Å². The number of aromatic nitrogens is 5. The first kappa shape index (κ1) is 23.0. The molecule has 2 atom stereocenters. The molecule has 4 aromatic rings. The lowest BCUT2D eigenvalue weighted by molar-refractivity contribution is -0.137. The predicted octanol–water partition coefficient (Wildman–Crippen LogP) is 3.20. The Morgan fingerprint density at radius 2 is 1.80 bits per heavy atom. The number of hydrogen-bond donors (Lipinski definition) is 1. The lowest BCUT2D eigenvalue weighted by Crippen LogP contribution is -2.35. The summed E-state index contributed by atoms with van der Waals surface area (Å²) >= 11 is 0. The number of anilines is 1. The van der Waals surface area contributed by atoms with Gasteiger partial charge in [0.2, 0.25) is 5.95 Å². The highest BCUT2D eigenvalue weighted by Crippen LogP contribution is 2.33. The van der Waals surface area contributed by atoms with Crippen molar-refractivity contribution in [2.24, 2.45) is 0 Å². The van der Waals surface area contributed by atoms with E-state index in [2.05, 4.69) is 25.0 Å². The Kier molecular flexibility index (Phi) is 5.55. The summed E-state index contributed by atoms with van der Waals surface area (Å²) in [4.78, 5) is 28.0. The number of rotatable bonds is 4. The summed E-state index contributed by atoms with van der Waals surface area (Å²) in [5.41, 5.74) is -0.157. The van der Waals surface area contributed by atoms with Crippen LogP contribution >= 0.6 is 0 Å². The zero-order chi connectivity index (χ0) is 24.9. The summed E-state index contributed by atoms with van der Waals surface area (Å²) in [5, 5.41) is 4.32. The molecule has 1 aliphatic heterocycles. The van der Waals surface area contributed by atoms with Gasteiger partial charge in [-0.05, 0) is 43.9 Å². The fraction of sp³-hybridized carbons (Fsp3) is 0.304. The molecule has 1 aliphatic rings. The molecule has 1 fully saturated rings. The zero-order valence-electron chi connectivity index (χ0n) is 18.8. The Bertz CT molecular complexity index is 1410. The number of likely N-dealkylation sites (N-methyl/N-ethyl adjacent to an activating group) is 1. The van der Waals surface area contributed by atoms with Crippen LogP contribution in [0.2, 0.25) is 0 Å². The summed E-state index contributed by atoms with van der Waals surface area (Å²) in [6, 6.07) is 8.51. The molecule has 3 aromatic heterocycles. The Balaban J connectivity index is 1.51. The summed E-state index contributed by atoms with van der Waals surface area (Å²) in [6.45, 7) is 1.08. The van der Waals surface area contributed by atoms with Gasteiger partial charge < -0.3 is 9.80 Å². The first-order valence-electron chi connectivity index (χ1n) is 10.8. The molecule has 35 heavy (non-hydrogen) atoms. The van der Waals surface area contributed by atoms with E-state index in [1.54, 1.807) is 12.1 Å². The third kappa shape index (κ3) is 4.25. The number of alkyl halides is 3. The van der Waals surface area contributed by atoms with Gasteiger partial charge in [-0.25, -0.2) is 9.37 Å². The van der Waals surface area contributed by atoms with E-state index in [1.165, 1.54) is 29.1 Å². The number of aromatic amines is 1. The van der Waals surface area contributed by atoms with E-state index in [1.807, 2.05) is 19.0 Å². The molecule has 0 aliphatic carbocycles. The van der Waals surface area contributed by atoms with Gasteiger partial charge in [0, 0.05) is 31.2 Å². The topological polar surface area (TPSA) is 82.9 Å². The zero-order valence-corrected chi connectivity index (χ0v) is 18.8. The van der Waals surface area contributed by atoms with Crippen LogP contribution in [0.25, 0.3) is 16.9 Å². The van der Waals surface area contributed by atoms with Crippen LogP contribution in [0, 0.1) is 5.82 Å². The summed E-state index contributed by atoms with van der Waals surface area (Å²) in [7, 11) is 3.91. The largest absolute Gasteiger partial charge is 0.417 e. The van der Waals surface area contributed by atoms with Gasteiger partial charge >= 0.3 is 6.18 Å². The van der Waals surface area contributed by atoms with Crippen molar-refractivity contribution >= 4 is 17.0 Å². The molecule has 0 amide bonds. The molecule has 182 valence electrons. The van der Waals surface area contributed by atoms with Gasteiger partial charge in [0.1, 0.15) is 11.2 Å². The molecule has 12 heteroatoms. The second kappa shape index (κ2) is 8.45. The minimum absolute atomic E-state index is 0.0353. The highest BCUT2D eigenvalue weighted by Gasteiger charge is 2.36. The van der Waals surface area contributed by atoms with Crippen LogP contribution in [0.5, 0.6) is 0 Å². The minimum Gasteiger partial charge on any atom is -0.340 e. The van der Waals surface area contributed by atoms with Crippen LogP contribution < -0.4 is 10.5 Å².